The number of fused-ring (bicyclic) bond motifs is 6. The maximum atomic E-state index is 10.5. The SMILES string of the molecule is CC1(C)c2ccccc2-c2ccc(N(c3ccccc3)c3ccc4c(c3)C(C)(C)c3cc(-c5ccc(C#N)c6c5C5c7ccccc7C6c6ccccc65)ccc3-4)cc21. The van der Waals surface area contributed by atoms with Crippen LogP contribution < -0.4 is 4.90 Å². The number of nitriles is 1. The van der Waals surface area contributed by atoms with Crippen molar-refractivity contribution in [2.45, 2.75) is 50.4 Å². The normalized spacial score (nSPS) is 17.4. The monoisotopic (exact) mass is 754 g/mol. The average molecular weight is 755 g/mol. The van der Waals surface area contributed by atoms with Crippen LogP contribution in [-0.4, -0.2) is 0 Å². The minimum atomic E-state index is -0.245. The Morgan fingerprint density at radius 3 is 1.46 bits per heavy atom. The van der Waals surface area contributed by atoms with Crippen LogP contribution in [-0.2, 0) is 10.8 Å². The second-order valence-electron chi connectivity index (χ2n) is 17.9. The molecule has 0 N–H and O–H groups in total. The molecule has 2 nitrogen and oxygen atoms in total. The maximum absolute atomic E-state index is 10.5. The first-order valence-corrected chi connectivity index (χ1v) is 20.9. The lowest BCUT2D eigenvalue weighted by Gasteiger charge is -2.43. The van der Waals surface area contributed by atoms with Gasteiger partial charge in [-0.15, -0.1) is 0 Å². The van der Waals surface area contributed by atoms with E-state index in [-0.39, 0.29) is 22.7 Å². The van der Waals surface area contributed by atoms with Gasteiger partial charge in [0.15, 0.2) is 0 Å². The summed E-state index contributed by atoms with van der Waals surface area (Å²) in [5.41, 5.74) is 24.9. The Hall–Kier alpha value is -6.95. The third-order valence-electron chi connectivity index (χ3n) is 14.3. The van der Waals surface area contributed by atoms with Gasteiger partial charge in [-0.25, -0.2) is 0 Å². The van der Waals surface area contributed by atoms with Gasteiger partial charge in [0.05, 0.1) is 11.6 Å². The lowest BCUT2D eigenvalue weighted by molar-refractivity contribution is 0.660. The molecule has 0 saturated carbocycles. The highest BCUT2D eigenvalue weighted by atomic mass is 15.1. The van der Waals surface area contributed by atoms with Gasteiger partial charge in [0.1, 0.15) is 0 Å². The van der Waals surface area contributed by atoms with Crippen molar-refractivity contribution in [2.75, 3.05) is 4.90 Å². The first kappa shape index (κ1) is 34.1. The Morgan fingerprint density at radius 1 is 0.407 bits per heavy atom. The van der Waals surface area contributed by atoms with Crippen LogP contribution in [0, 0.1) is 11.3 Å². The van der Waals surface area contributed by atoms with Crippen LogP contribution in [0.4, 0.5) is 17.1 Å². The van der Waals surface area contributed by atoms with E-state index < -0.39 is 0 Å². The summed E-state index contributed by atoms with van der Waals surface area (Å²) in [6.45, 7) is 9.48. The Bertz CT molecular complexity index is 3090. The summed E-state index contributed by atoms with van der Waals surface area (Å²) in [4.78, 5) is 2.43. The van der Waals surface area contributed by atoms with Gasteiger partial charge in [-0.2, -0.15) is 5.26 Å². The molecule has 59 heavy (non-hydrogen) atoms. The molecule has 0 radical (unpaired) electrons. The number of nitrogens with zero attached hydrogens (tertiary/aromatic N) is 2. The van der Waals surface area contributed by atoms with Crippen molar-refractivity contribution < 1.29 is 0 Å². The third-order valence-corrected chi connectivity index (χ3v) is 14.3. The first-order chi connectivity index (χ1) is 28.8. The zero-order chi connectivity index (χ0) is 39.8. The molecule has 280 valence electrons. The van der Waals surface area contributed by atoms with Crippen LogP contribution >= 0.6 is 0 Å². The fraction of sp³-hybridized carbons (Fsp3) is 0.140. The zero-order valence-electron chi connectivity index (χ0n) is 33.7. The van der Waals surface area contributed by atoms with Crippen LogP contribution in [0.25, 0.3) is 33.4 Å². The van der Waals surface area contributed by atoms with Gasteiger partial charge in [-0.3, -0.25) is 0 Å². The average Bonchev–Trinajstić information content (AvgIpc) is 3.64. The molecule has 0 unspecified atom stereocenters. The zero-order valence-corrected chi connectivity index (χ0v) is 33.7. The third kappa shape index (κ3) is 4.56. The van der Waals surface area contributed by atoms with Gasteiger partial charge in [0, 0.05) is 39.7 Å². The molecule has 8 aromatic carbocycles. The molecule has 8 aromatic rings. The summed E-state index contributed by atoms with van der Waals surface area (Å²) in [5.74, 6) is 0.125. The number of hydrogen-bond donors (Lipinski definition) is 0. The van der Waals surface area contributed by atoms with E-state index in [1.165, 1.54) is 89.0 Å². The van der Waals surface area contributed by atoms with Crippen molar-refractivity contribution in [3.8, 4) is 39.4 Å². The van der Waals surface area contributed by atoms with Crippen molar-refractivity contribution in [3.05, 3.63) is 231 Å². The van der Waals surface area contributed by atoms with Crippen LogP contribution in [0.3, 0.4) is 0 Å². The van der Waals surface area contributed by atoms with Crippen molar-refractivity contribution in [1.29, 1.82) is 5.26 Å². The van der Waals surface area contributed by atoms with Crippen molar-refractivity contribution >= 4 is 17.1 Å². The minimum Gasteiger partial charge on any atom is -0.310 e. The van der Waals surface area contributed by atoms with E-state index >= 15 is 0 Å². The highest BCUT2D eigenvalue weighted by molar-refractivity contribution is 5.90. The molecule has 5 aliphatic rings. The summed E-state index contributed by atoms with van der Waals surface area (Å²) < 4.78 is 0. The number of para-hydroxylation sites is 1. The molecule has 0 amide bonds. The van der Waals surface area contributed by atoms with Gasteiger partial charge in [0.2, 0.25) is 0 Å². The smallest absolute Gasteiger partial charge is 0.0994 e. The second kappa shape index (κ2) is 12.0. The first-order valence-electron chi connectivity index (χ1n) is 20.9. The molecule has 13 rings (SSSR count). The molecule has 0 spiro atoms. The van der Waals surface area contributed by atoms with E-state index in [0.717, 1.165) is 22.6 Å². The lowest BCUT2D eigenvalue weighted by atomic mass is 9.59. The topological polar surface area (TPSA) is 27.0 Å². The predicted octanol–water partition coefficient (Wildman–Crippen LogP) is 14.3. The maximum Gasteiger partial charge on any atom is 0.0994 e. The molecule has 0 aliphatic heterocycles. The molecule has 2 heteroatoms. The van der Waals surface area contributed by atoms with E-state index in [0.29, 0.717) is 0 Å². The summed E-state index contributed by atoms with van der Waals surface area (Å²) in [6.07, 6.45) is 0. The Morgan fingerprint density at radius 2 is 0.864 bits per heavy atom. The largest absolute Gasteiger partial charge is 0.310 e. The van der Waals surface area contributed by atoms with Crippen LogP contribution in [0.1, 0.15) is 101 Å². The Balaban J connectivity index is 0.981. The number of anilines is 3. The molecule has 0 saturated heterocycles. The summed E-state index contributed by atoms with van der Waals surface area (Å²) in [6, 6.07) is 65.6. The van der Waals surface area contributed by atoms with E-state index in [1.807, 2.05) is 0 Å². The predicted molar refractivity (Wildman–Crippen MR) is 241 cm³/mol. The van der Waals surface area contributed by atoms with E-state index in [2.05, 4.69) is 209 Å². The van der Waals surface area contributed by atoms with Crippen LogP contribution in [0.2, 0.25) is 0 Å². The minimum absolute atomic E-state index is 0.0465. The summed E-state index contributed by atoms with van der Waals surface area (Å²) >= 11 is 0. The molecular formula is C57H42N2. The van der Waals surface area contributed by atoms with Crippen molar-refractivity contribution in [3.63, 3.8) is 0 Å². The van der Waals surface area contributed by atoms with Crippen molar-refractivity contribution in [1.82, 2.24) is 0 Å². The lowest BCUT2D eigenvalue weighted by Crippen LogP contribution is -2.29. The summed E-state index contributed by atoms with van der Waals surface area (Å²) in [5, 5.41) is 10.5. The van der Waals surface area contributed by atoms with Gasteiger partial charge in [-0.1, -0.05) is 149 Å². The quantitative estimate of drug-likeness (QED) is 0.179. The molecular weight excluding hydrogens is 713 g/mol. The van der Waals surface area contributed by atoms with Crippen LogP contribution in [0.15, 0.2) is 170 Å². The summed E-state index contributed by atoms with van der Waals surface area (Å²) in [7, 11) is 0. The van der Waals surface area contributed by atoms with E-state index in [4.69, 9.17) is 0 Å². The van der Waals surface area contributed by atoms with Crippen LogP contribution in [0.5, 0.6) is 0 Å². The van der Waals surface area contributed by atoms with Gasteiger partial charge in [-0.05, 0) is 138 Å². The molecule has 2 bridgehead atoms. The number of hydrogen-bond acceptors (Lipinski definition) is 2. The fourth-order valence-electron chi connectivity index (χ4n) is 11.5. The standard InChI is InChI=1S/C57H42N2/c1-56(2)48-21-13-12-16-40(48)42-28-24-37(31-50(42)56)59(36-14-6-5-7-15-36)38-25-29-43-41-27-22-34(30-49(41)57(3,4)51(43)32-38)39-26-23-35(33-58)52-53-44-17-8-10-19-46(44)54(55(39)52)47-20-11-9-18-45(47)53/h5-32,53-54H,1-4H3. The number of rotatable bonds is 4. The molecule has 0 heterocycles. The van der Waals surface area contributed by atoms with E-state index in [1.54, 1.807) is 0 Å². The Labute approximate surface area is 346 Å². The fourth-order valence-corrected chi connectivity index (χ4v) is 11.5. The molecule has 5 aliphatic carbocycles. The van der Waals surface area contributed by atoms with Crippen molar-refractivity contribution in [2.24, 2.45) is 0 Å². The highest BCUT2D eigenvalue weighted by Gasteiger charge is 2.44. The molecule has 0 aromatic heterocycles. The number of benzene rings is 8. The Kier molecular flexibility index (Phi) is 6.96. The highest BCUT2D eigenvalue weighted by Crippen LogP contribution is 2.59. The molecule has 0 fully saturated rings. The van der Waals surface area contributed by atoms with Gasteiger partial charge in [0.25, 0.3) is 0 Å². The second-order valence-corrected chi connectivity index (χ2v) is 17.9. The van der Waals surface area contributed by atoms with E-state index in [9.17, 15) is 5.26 Å². The van der Waals surface area contributed by atoms with Gasteiger partial charge >= 0.3 is 0 Å². The van der Waals surface area contributed by atoms with Gasteiger partial charge < -0.3 is 4.90 Å². The molecule has 0 atom stereocenters.